The van der Waals surface area contributed by atoms with Gasteiger partial charge in [-0.15, -0.1) is 0 Å². The standard InChI is InChI=1S/C53H38N2/c1-52(2)42-24-9-4-19-36(42)41-30-31-44-51(50(41)52)54(48-29-15-23-40-37-20-5-10-25-43(37)53(44,3)49(40)48)34-17-14-16-33(32-34)35-18-6-11-26-45(35)55-46-27-12-7-21-38(46)39-22-8-13-28-47(39)55/h4-32H,1-3H3. The van der Waals surface area contributed by atoms with Gasteiger partial charge < -0.3 is 9.47 Å². The minimum absolute atomic E-state index is 0.195. The van der Waals surface area contributed by atoms with E-state index in [0.29, 0.717) is 0 Å². The zero-order chi connectivity index (χ0) is 36.6. The molecule has 0 amide bonds. The van der Waals surface area contributed by atoms with Gasteiger partial charge in [-0.3, -0.25) is 0 Å². The third-order valence-electron chi connectivity index (χ3n) is 13.1. The van der Waals surface area contributed by atoms with E-state index in [-0.39, 0.29) is 10.8 Å². The van der Waals surface area contributed by atoms with Crippen LogP contribution in [0.4, 0.5) is 17.1 Å². The van der Waals surface area contributed by atoms with Crippen molar-refractivity contribution in [1.29, 1.82) is 0 Å². The Morgan fingerprint density at radius 2 is 0.964 bits per heavy atom. The molecular formula is C53H38N2. The van der Waals surface area contributed by atoms with Crippen LogP contribution >= 0.6 is 0 Å². The van der Waals surface area contributed by atoms with Gasteiger partial charge in [0.15, 0.2) is 0 Å². The van der Waals surface area contributed by atoms with E-state index in [2.05, 4.69) is 206 Å². The Labute approximate surface area is 321 Å². The van der Waals surface area contributed by atoms with Gasteiger partial charge in [-0.1, -0.05) is 153 Å². The molecule has 0 spiro atoms. The highest BCUT2D eigenvalue weighted by molar-refractivity contribution is 6.10. The molecule has 2 heteroatoms. The first-order valence-electron chi connectivity index (χ1n) is 19.5. The van der Waals surface area contributed by atoms with Crippen LogP contribution in [-0.4, -0.2) is 4.57 Å². The Kier molecular flexibility index (Phi) is 6.01. The average molecular weight is 703 g/mol. The molecule has 0 saturated carbocycles. The number of fused-ring (bicyclic) bond motifs is 12. The zero-order valence-electron chi connectivity index (χ0n) is 31.1. The molecule has 0 bridgehead atoms. The quantitative estimate of drug-likeness (QED) is 0.178. The highest BCUT2D eigenvalue weighted by Gasteiger charge is 2.51. The number of para-hydroxylation sites is 3. The first-order valence-corrected chi connectivity index (χ1v) is 19.5. The number of anilines is 3. The normalized spacial score (nSPS) is 16.8. The highest BCUT2D eigenvalue weighted by atomic mass is 15.2. The predicted molar refractivity (Wildman–Crippen MR) is 229 cm³/mol. The Morgan fingerprint density at radius 3 is 1.73 bits per heavy atom. The van der Waals surface area contributed by atoms with Crippen molar-refractivity contribution >= 4 is 38.9 Å². The molecule has 2 heterocycles. The van der Waals surface area contributed by atoms with Crippen LogP contribution < -0.4 is 4.90 Å². The molecule has 0 fully saturated rings. The first-order chi connectivity index (χ1) is 27.0. The van der Waals surface area contributed by atoms with Crippen molar-refractivity contribution in [3.63, 3.8) is 0 Å². The lowest BCUT2D eigenvalue weighted by Crippen LogP contribution is -2.34. The van der Waals surface area contributed by atoms with Crippen LogP contribution in [0.3, 0.4) is 0 Å². The van der Waals surface area contributed by atoms with Crippen molar-refractivity contribution in [3.8, 4) is 39.1 Å². The Morgan fingerprint density at radius 1 is 0.400 bits per heavy atom. The van der Waals surface area contributed by atoms with Gasteiger partial charge in [0.05, 0.1) is 28.1 Å². The van der Waals surface area contributed by atoms with Crippen molar-refractivity contribution in [2.24, 2.45) is 0 Å². The molecule has 0 radical (unpaired) electrons. The van der Waals surface area contributed by atoms with Crippen molar-refractivity contribution in [2.45, 2.75) is 31.6 Å². The first kappa shape index (κ1) is 30.8. The zero-order valence-corrected chi connectivity index (χ0v) is 31.1. The van der Waals surface area contributed by atoms with Crippen LogP contribution in [0.25, 0.3) is 60.9 Å². The van der Waals surface area contributed by atoms with Gasteiger partial charge >= 0.3 is 0 Å². The topological polar surface area (TPSA) is 8.17 Å². The molecule has 0 saturated heterocycles. The number of aromatic nitrogens is 1. The summed E-state index contributed by atoms with van der Waals surface area (Å²) in [6, 6.07) is 65.7. The van der Waals surface area contributed by atoms with Crippen LogP contribution in [0, 0.1) is 0 Å². The number of rotatable bonds is 3. The van der Waals surface area contributed by atoms with E-state index in [0.717, 1.165) is 0 Å². The third kappa shape index (κ3) is 3.84. The van der Waals surface area contributed by atoms with Crippen LogP contribution in [0.2, 0.25) is 0 Å². The fourth-order valence-electron chi connectivity index (χ4n) is 10.8. The Hall–Kier alpha value is -6.64. The number of hydrogen-bond acceptors (Lipinski definition) is 1. The van der Waals surface area contributed by atoms with Gasteiger partial charge in [-0.05, 0) is 99.0 Å². The van der Waals surface area contributed by atoms with Crippen LogP contribution in [0.5, 0.6) is 0 Å². The van der Waals surface area contributed by atoms with Crippen molar-refractivity contribution in [1.82, 2.24) is 4.57 Å². The summed E-state index contributed by atoms with van der Waals surface area (Å²) >= 11 is 0. The van der Waals surface area contributed by atoms with Crippen LogP contribution in [0.1, 0.15) is 48.6 Å². The molecular weight excluding hydrogens is 665 g/mol. The lowest BCUT2D eigenvalue weighted by molar-refractivity contribution is 0.647. The van der Waals surface area contributed by atoms with E-state index >= 15 is 0 Å². The molecule has 55 heavy (non-hydrogen) atoms. The Bertz CT molecular complexity index is 3050. The average Bonchev–Trinajstić information content (AvgIpc) is 3.80. The van der Waals surface area contributed by atoms with Gasteiger partial charge in [0.1, 0.15) is 0 Å². The van der Waals surface area contributed by atoms with Crippen molar-refractivity contribution in [3.05, 3.63) is 204 Å². The second kappa shape index (κ2) is 10.7. The molecule has 9 aromatic rings. The van der Waals surface area contributed by atoms with Crippen LogP contribution in [0.15, 0.2) is 176 Å². The predicted octanol–water partition coefficient (Wildman–Crippen LogP) is 13.9. The molecule has 8 aromatic carbocycles. The SMILES string of the molecule is CC1(C)c2ccccc2-c2ccc3c(c21)N(c1cccc(-c2ccccc2-n2c4ccccc4c4ccccc42)c1)c1cccc2c1C3(C)c1ccccc1-2. The van der Waals surface area contributed by atoms with Crippen molar-refractivity contribution in [2.75, 3.05) is 4.90 Å². The monoisotopic (exact) mass is 702 g/mol. The van der Waals surface area contributed by atoms with Gasteiger partial charge in [0.25, 0.3) is 0 Å². The van der Waals surface area contributed by atoms with E-state index in [9.17, 15) is 0 Å². The van der Waals surface area contributed by atoms with Gasteiger partial charge in [-0.2, -0.15) is 0 Å². The number of benzene rings is 8. The van der Waals surface area contributed by atoms with Gasteiger partial charge in [0, 0.05) is 32.9 Å². The molecule has 1 aliphatic heterocycles. The van der Waals surface area contributed by atoms with Gasteiger partial charge in [0.2, 0.25) is 0 Å². The summed E-state index contributed by atoms with van der Waals surface area (Å²) in [5, 5.41) is 2.54. The summed E-state index contributed by atoms with van der Waals surface area (Å²) in [7, 11) is 0. The molecule has 1 unspecified atom stereocenters. The maximum atomic E-state index is 2.61. The summed E-state index contributed by atoms with van der Waals surface area (Å²) in [5.74, 6) is 0. The molecule has 0 N–H and O–H groups in total. The fraction of sp³-hybridized carbons (Fsp3) is 0.0943. The minimum Gasteiger partial charge on any atom is -0.309 e. The van der Waals surface area contributed by atoms with Crippen LogP contribution in [-0.2, 0) is 10.8 Å². The summed E-state index contributed by atoms with van der Waals surface area (Å²) in [4.78, 5) is 2.61. The number of nitrogens with zero attached hydrogens (tertiary/aromatic N) is 2. The lowest BCUT2D eigenvalue weighted by Gasteiger charge is -2.45. The molecule has 260 valence electrons. The maximum Gasteiger partial charge on any atom is 0.0553 e. The van der Waals surface area contributed by atoms with E-state index in [1.165, 1.54) is 106 Å². The highest BCUT2D eigenvalue weighted by Crippen LogP contribution is 2.66. The molecule has 1 aromatic heterocycles. The summed E-state index contributed by atoms with van der Waals surface area (Å²) in [5.41, 5.74) is 21.6. The molecule has 12 rings (SSSR count). The second-order valence-corrected chi connectivity index (χ2v) is 16.2. The summed E-state index contributed by atoms with van der Waals surface area (Å²) in [6.45, 7) is 7.31. The fourth-order valence-corrected chi connectivity index (χ4v) is 10.8. The summed E-state index contributed by atoms with van der Waals surface area (Å²) < 4.78 is 2.45. The smallest absolute Gasteiger partial charge is 0.0553 e. The van der Waals surface area contributed by atoms with E-state index in [1.807, 2.05) is 0 Å². The molecule has 3 aliphatic rings. The lowest BCUT2D eigenvalue weighted by atomic mass is 9.68. The Balaban J connectivity index is 1.14. The second-order valence-electron chi connectivity index (χ2n) is 16.2. The molecule has 2 nitrogen and oxygen atoms in total. The summed E-state index contributed by atoms with van der Waals surface area (Å²) in [6.07, 6.45) is 0. The van der Waals surface area contributed by atoms with Gasteiger partial charge in [-0.25, -0.2) is 0 Å². The van der Waals surface area contributed by atoms with E-state index < -0.39 is 0 Å². The molecule has 2 aliphatic carbocycles. The molecule has 1 atom stereocenters. The van der Waals surface area contributed by atoms with Crippen molar-refractivity contribution < 1.29 is 0 Å². The minimum atomic E-state index is -0.297. The van der Waals surface area contributed by atoms with E-state index in [1.54, 1.807) is 0 Å². The maximum absolute atomic E-state index is 2.61. The van der Waals surface area contributed by atoms with E-state index in [4.69, 9.17) is 0 Å². The third-order valence-corrected chi connectivity index (χ3v) is 13.1. The largest absolute Gasteiger partial charge is 0.309 e. The number of hydrogen-bond donors (Lipinski definition) is 0.